The van der Waals surface area contributed by atoms with Crippen LogP contribution in [0, 0.1) is 35.5 Å². The van der Waals surface area contributed by atoms with Crippen molar-refractivity contribution in [1.29, 1.82) is 0 Å². The molecule has 6 aliphatic rings. The number of carbonyl (C=O) groups is 5. The molecule has 1 saturated carbocycles. The van der Waals surface area contributed by atoms with E-state index in [9.17, 15) is 34.2 Å². The molecule has 1 aliphatic carbocycles. The number of aliphatic hydroxyl groups excluding tert-OH is 1. The summed E-state index contributed by atoms with van der Waals surface area (Å²) in [4.78, 5) is 75.9. The second kappa shape index (κ2) is 32.8. The first kappa shape index (κ1) is 67.6. The van der Waals surface area contributed by atoms with Crippen LogP contribution in [0.15, 0.2) is 47.6 Å². The van der Waals surface area contributed by atoms with Gasteiger partial charge in [-0.3, -0.25) is 24.1 Å². The van der Waals surface area contributed by atoms with Crippen molar-refractivity contribution in [2.24, 2.45) is 35.5 Å². The zero-order chi connectivity index (χ0) is 59.7. The molecule has 5 aliphatic heterocycles. The number of hydrogen-bond donors (Lipinski definition) is 2. The van der Waals surface area contributed by atoms with Crippen LogP contribution >= 0.6 is 0 Å². The Bertz CT molecular complexity index is 2190. The largest absolute Gasteiger partial charge is 0.460 e. The molecule has 82 heavy (non-hydrogen) atoms. The Hall–Kier alpha value is -3.53. The molecule has 464 valence electrons. The van der Waals surface area contributed by atoms with Gasteiger partial charge in [-0.2, -0.15) is 0 Å². The van der Waals surface area contributed by atoms with Crippen LogP contribution in [0.5, 0.6) is 0 Å². The van der Waals surface area contributed by atoms with Crippen molar-refractivity contribution in [2.45, 2.75) is 219 Å². The smallest absolute Gasteiger partial charge is 0.329 e. The summed E-state index contributed by atoms with van der Waals surface area (Å²) in [6.45, 7) is 22.2. The first-order chi connectivity index (χ1) is 39.1. The van der Waals surface area contributed by atoms with E-state index in [1.54, 1.807) is 34.0 Å². The third-order valence-corrected chi connectivity index (χ3v) is 18.0. The van der Waals surface area contributed by atoms with E-state index in [2.05, 4.69) is 18.7 Å². The Balaban J connectivity index is 1.23. The Kier molecular flexibility index (Phi) is 27.1. The summed E-state index contributed by atoms with van der Waals surface area (Å²) in [7, 11) is 3.10. The second-order valence-corrected chi connectivity index (χ2v) is 25.0. The third-order valence-electron chi connectivity index (χ3n) is 18.0. The summed E-state index contributed by atoms with van der Waals surface area (Å²) in [6.07, 6.45) is 13.5. The number of aliphatic hydroxyl groups is 2. The fraction of sp³-hybridized carbons (Fsp3) is 0.797. The first-order valence-electron chi connectivity index (χ1n) is 30.9. The Morgan fingerprint density at radius 2 is 1.52 bits per heavy atom. The zero-order valence-corrected chi connectivity index (χ0v) is 51.3. The van der Waals surface area contributed by atoms with E-state index in [0.717, 1.165) is 44.5 Å². The molecule has 18 heteroatoms. The molecule has 0 radical (unpaired) electrons. The molecule has 1 amide bonds. The number of morpholine rings is 1. The van der Waals surface area contributed by atoms with Gasteiger partial charge < -0.3 is 57.7 Å². The molecule has 0 aromatic carbocycles. The first-order valence-corrected chi connectivity index (χ1v) is 30.9. The van der Waals surface area contributed by atoms with Crippen LogP contribution in [0.2, 0.25) is 0 Å². The number of carbonyl (C=O) groups excluding carboxylic acids is 5. The van der Waals surface area contributed by atoms with Crippen molar-refractivity contribution in [1.82, 2.24) is 9.80 Å². The standard InChI is InChI=1S/C64H102N2O16/c1-40-18-13-12-14-19-41(2)55(79-29-28-77-51-38-76-39-51)34-50-23-21-46(7)64(73,82-50)61(70)62(71)66-26-16-15-20-52(66)63(72)81-56(35-53(67)42(3)31-45(6)59(69)60(75-11)58(68)44(5)30-40)43(4)32-49-22-24-54(57(33-49)74-10)78-27-17-25-65-36-47(8)80-48(9)37-65/h12-14,18-19,31,40,42-44,46-52,54-57,59-60,69,73H,15-17,20-30,32-39H2,1-11H3/b14-12+,18-13+,41-19+,45-31+/t40-,42-,43-,44-,46-,47-,48+,49+,50+,52+,54-,55+,56+,57-,59-,60+,64-/m1/s1. The van der Waals surface area contributed by atoms with E-state index in [4.69, 9.17) is 42.6 Å². The highest BCUT2D eigenvalue weighted by Crippen LogP contribution is 2.38. The average molecular weight is 1160 g/mol. The zero-order valence-electron chi connectivity index (χ0n) is 51.3. The van der Waals surface area contributed by atoms with E-state index in [0.29, 0.717) is 76.9 Å². The number of cyclic esters (lactones) is 1. The minimum absolute atomic E-state index is 0.00467. The van der Waals surface area contributed by atoms with Gasteiger partial charge >= 0.3 is 5.97 Å². The number of esters is 1. The van der Waals surface area contributed by atoms with Gasteiger partial charge in [0.25, 0.3) is 11.7 Å². The molecular weight excluding hydrogens is 1050 g/mol. The van der Waals surface area contributed by atoms with Gasteiger partial charge in [-0.25, -0.2) is 4.79 Å². The van der Waals surface area contributed by atoms with Crippen molar-refractivity contribution in [2.75, 3.05) is 73.4 Å². The monoisotopic (exact) mass is 1150 g/mol. The molecule has 2 N–H and O–H groups in total. The minimum Gasteiger partial charge on any atom is -0.460 e. The number of allylic oxidation sites excluding steroid dienone is 6. The van der Waals surface area contributed by atoms with E-state index in [1.807, 2.05) is 58.1 Å². The lowest BCUT2D eigenvalue weighted by Crippen LogP contribution is -2.61. The molecule has 0 aromatic heterocycles. The van der Waals surface area contributed by atoms with Crippen LogP contribution in [0.25, 0.3) is 0 Å². The number of ether oxygens (including phenoxy) is 9. The van der Waals surface area contributed by atoms with Crippen molar-refractivity contribution < 1.29 is 76.8 Å². The molecule has 0 spiro atoms. The SMILES string of the molecule is CO[C@@H]1C[C@H](C[C@@H](C)[C@@H]2CC(=O)[C@H](C)/C=C(\C)[C@@H](O)[C@@H](OC)C(=O)[C@H](C)C[C@H](C)/C=C/C=C/C=C(\C)[C@@H](OCCOC3COC3)C[C@@H]3CC[C@@H](C)[C@@](O)(O3)C(=O)C(=O)N3CCCC[C@H]3C(=O)O2)CC[C@H]1OCCCN1C[C@@H](C)O[C@@H](C)C1. The normalized spacial score (nSPS) is 38.8. The number of methoxy groups -OCH3 is 2. The summed E-state index contributed by atoms with van der Waals surface area (Å²) in [6, 6.07) is -1.16. The predicted octanol–water partition coefficient (Wildman–Crippen LogP) is 7.49. The van der Waals surface area contributed by atoms with Crippen LogP contribution in [-0.4, -0.2) is 196 Å². The van der Waals surface area contributed by atoms with Crippen molar-refractivity contribution in [3.05, 3.63) is 47.6 Å². The molecule has 17 atom stereocenters. The third kappa shape index (κ3) is 19.2. The number of fused-ring (bicyclic) bond motifs is 3. The minimum atomic E-state index is -2.47. The highest BCUT2D eigenvalue weighted by Gasteiger charge is 2.53. The summed E-state index contributed by atoms with van der Waals surface area (Å²) in [5, 5.41) is 23.9. The van der Waals surface area contributed by atoms with Gasteiger partial charge in [0.05, 0.1) is 63.1 Å². The Morgan fingerprint density at radius 3 is 2.22 bits per heavy atom. The summed E-state index contributed by atoms with van der Waals surface area (Å²) >= 11 is 0. The molecule has 2 bridgehead atoms. The molecule has 0 unspecified atom stereocenters. The summed E-state index contributed by atoms with van der Waals surface area (Å²) in [5.41, 5.74) is 1.25. The van der Waals surface area contributed by atoms with E-state index >= 15 is 0 Å². The summed E-state index contributed by atoms with van der Waals surface area (Å²) in [5.74, 6) is -8.01. The topological polar surface area (TPSA) is 215 Å². The fourth-order valence-electron chi connectivity index (χ4n) is 12.9. The molecule has 5 fully saturated rings. The van der Waals surface area contributed by atoms with Crippen LogP contribution < -0.4 is 0 Å². The van der Waals surface area contributed by atoms with Crippen LogP contribution in [0.3, 0.4) is 0 Å². The highest BCUT2D eigenvalue weighted by molar-refractivity contribution is 6.39. The van der Waals surface area contributed by atoms with Crippen LogP contribution in [0.1, 0.15) is 146 Å². The second-order valence-electron chi connectivity index (χ2n) is 25.0. The van der Waals surface area contributed by atoms with Crippen molar-refractivity contribution in [3.8, 4) is 0 Å². The molecule has 18 nitrogen and oxygen atoms in total. The number of nitrogens with zero attached hydrogens (tertiary/aromatic N) is 2. The predicted molar refractivity (Wildman–Crippen MR) is 309 cm³/mol. The summed E-state index contributed by atoms with van der Waals surface area (Å²) < 4.78 is 54.4. The number of ketones is 3. The van der Waals surface area contributed by atoms with Gasteiger partial charge in [-0.05, 0) is 127 Å². The molecular formula is C64H102N2O16. The van der Waals surface area contributed by atoms with Gasteiger partial charge in [0, 0.05) is 77.6 Å². The molecule has 6 rings (SSSR count). The van der Waals surface area contributed by atoms with E-state index in [1.165, 1.54) is 12.0 Å². The van der Waals surface area contributed by atoms with Gasteiger partial charge in [-0.15, -0.1) is 0 Å². The lowest BCUT2D eigenvalue weighted by atomic mass is 9.78. The number of piperidine rings is 1. The van der Waals surface area contributed by atoms with Gasteiger partial charge in [0.2, 0.25) is 5.79 Å². The number of hydrogen-bond acceptors (Lipinski definition) is 17. The fourth-order valence-corrected chi connectivity index (χ4v) is 12.9. The quantitative estimate of drug-likeness (QED) is 0.0703. The van der Waals surface area contributed by atoms with E-state index in [-0.39, 0.29) is 92.3 Å². The van der Waals surface area contributed by atoms with Crippen molar-refractivity contribution >= 4 is 29.2 Å². The van der Waals surface area contributed by atoms with Crippen LogP contribution in [0.4, 0.5) is 0 Å². The lowest BCUT2D eigenvalue weighted by Gasteiger charge is -2.43. The van der Waals surface area contributed by atoms with Gasteiger partial charge in [0.15, 0.2) is 5.78 Å². The van der Waals surface area contributed by atoms with Gasteiger partial charge in [0.1, 0.15) is 36.2 Å². The molecule has 4 saturated heterocycles. The average Bonchev–Trinajstić information content (AvgIpc) is 3.61. The number of amides is 1. The maximum Gasteiger partial charge on any atom is 0.329 e. The lowest BCUT2D eigenvalue weighted by molar-refractivity contribution is -0.266. The highest BCUT2D eigenvalue weighted by atomic mass is 16.6. The molecule has 5 heterocycles. The van der Waals surface area contributed by atoms with E-state index < -0.39 is 77.8 Å². The number of rotatable bonds is 15. The Morgan fingerprint density at radius 1 is 0.793 bits per heavy atom. The molecule has 0 aromatic rings. The Labute approximate surface area is 489 Å². The van der Waals surface area contributed by atoms with Gasteiger partial charge in [-0.1, -0.05) is 71.1 Å². The maximum atomic E-state index is 14.7. The maximum absolute atomic E-state index is 14.7. The van der Waals surface area contributed by atoms with Crippen molar-refractivity contribution in [3.63, 3.8) is 0 Å². The van der Waals surface area contributed by atoms with Crippen LogP contribution in [-0.2, 0) is 66.6 Å². The number of Topliss-reactive ketones (excluding diaryl/α,β-unsaturated/α-hetero) is 3.